The summed E-state index contributed by atoms with van der Waals surface area (Å²) in [5, 5.41) is 13.5. The van der Waals surface area contributed by atoms with Crippen LogP contribution in [0.2, 0.25) is 0 Å². The van der Waals surface area contributed by atoms with Crippen molar-refractivity contribution in [3.05, 3.63) is 246 Å². The topological polar surface area (TPSA) is 136 Å². The maximum atomic E-state index is 11.1. The number of methoxy groups -OCH3 is 7. The Balaban J connectivity index is -0.00000100. The number of Topliss-reactive ketones (excluding diaryl/α,β-unsaturated/α-hetero) is 2. The molecule has 8 aromatic rings. The van der Waals surface area contributed by atoms with Gasteiger partial charge in [0.15, 0.2) is 12.1 Å². The Hall–Kier alpha value is -7.28. The minimum Gasteiger partial charge on any atom is -1.00 e. The molecule has 0 heterocycles. The largest absolute Gasteiger partial charge is 1.00 e. The zero-order chi connectivity index (χ0) is 61.9. The first-order valence-electron chi connectivity index (χ1n) is 27.6. The van der Waals surface area contributed by atoms with E-state index in [4.69, 9.17) is 33.2 Å². The number of benzene rings is 8. The van der Waals surface area contributed by atoms with Gasteiger partial charge in [0.05, 0.1) is 55.0 Å². The van der Waals surface area contributed by atoms with Gasteiger partial charge >= 0.3 is 31.0 Å². The molecule has 3 radical (unpaired) electrons. The maximum absolute atomic E-state index is 11.1. The molecule has 0 spiro atoms. The Kier molecular flexibility index (Phi) is 40.5. The molecule has 4 unspecified atom stereocenters. The van der Waals surface area contributed by atoms with Crippen molar-refractivity contribution in [3.63, 3.8) is 0 Å². The van der Waals surface area contributed by atoms with E-state index in [-0.39, 0.29) is 83.7 Å². The van der Waals surface area contributed by atoms with Gasteiger partial charge in [-0.2, -0.15) is 0 Å². The number of carbonyl (C=O) groups excluding carboxylic acids is 3. The van der Waals surface area contributed by atoms with E-state index in [0.29, 0.717) is 11.9 Å². The van der Waals surface area contributed by atoms with Crippen LogP contribution in [0.15, 0.2) is 219 Å². The van der Waals surface area contributed by atoms with Crippen LogP contribution in [0.1, 0.15) is 109 Å². The summed E-state index contributed by atoms with van der Waals surface area (Å²) in [6.07, 6.45) is 3.03. The summed E-state index contributed by atoms with van der Waals surface area (Å²) < 4.78 is 35.9. The van der Waals surface area contributed by atoms with Gasteiger partial charge in [0.2, 0.25) is 0 Å². The molecule has 0 saturated carbocycles. The molecule has 0 aliphatic carbocycles. The van der Waals surface area contributed by atoms with Crippen molar-refractivity contribution in [2.24, 2.45) is 0 Å². The summed E-state index contributed by atoms with van der Waals surface area (Å²) in [5.41, 5.74) is 5.98. The molecule has 0 aliphatic heterocycles. The third-order valence-electron chi connectivity index (χ3n) is 13.6. The average molecular weight is 1210 g/mol. The van der Waals surface area contributed by atoms with Crippen LogP contribution in [0.3, 0.4) is 0 Å². The van der Waals surface area contributed by atoms with E-state index < -0.39 is 7.26 Å². The number of hydrogen-bond donors (Lipinski definition) is 1. The number of aldehydes is 1. The van der Waals surface area contributed by atoms with Crippen LogP contribution in [-0.2, 0) is 19.1 Å². The zero-order valence-electron chi connectivity index (χ0n) is 54.9. The van der Waals surface area contributed by atoms with E-state index in [1.165, 1.54) is 22.8 Å². The molecule has 0 amide bonds. The van der Waals surface area contributed by atoms with Crippen LogP contribution in [0, 0.1) is 0 Å². The first-order chi connectivity index (χ1) is 40.5. The predicted molar refractivity (Wildman–Crippen MR) is 361 cm³/mol. The number of rotatable bonds is 19. The number of hydrogen-bond acceptors (Lipinski definition) is 11. The van der Waals surface area contributed by atoms with E-state index in [1.54, 1.807) is 88.1 Å². The van der Waals surface area contributed by atoms with E-state index >= 15 is 0 Å². The smallest absolute Gasteiger partial charge is 1.00 e. The number of aliphatic hydroxyl groups is 1. The van der Waals surface area contributed by atoms with Crippen LogP contribution in [0.5, 0.6) is 28.7 Å². The van der Waals surface area contributed by atoms with Crippen molar-refractivity contribution in [2.75, 3.05) is 56.1 Å². The maximum Gasteiger partial charge on any atom is 1.00 e. The standard InChI is InChI=1S/C20H20OP.C11H14O2.C11H16O2.C11H14O2.C10H12O2.C9H10O2.CH4.B.Na.H/c1-21-17-22(18-11-5-2-6-12-18,19-13-7-3-8-14-19)20-15-9-4-10-16-20;1-9(8-12-2)10-5-4-6-11(7-10)13-3;2*1-8(9(2)12)10-5-4-6-11(7-10)13-3;1-8(7-11)9-4-3-5-10(6-9)12-2;1-7(10)8-4-3-5-9(6-8)11-2;;;;/h2-16H,17H2,1H3;4-8H,1-3H3;4-9,12H,1-3H3;4-8H,1-3H3;3-8H,1-2H3;3-6H,1-2H3;1H4;;;/q+1;;;;;;;;+1;-1/p+1/b;9-8+;;;;;;;;. The molecule has 8 rings (SSSR count). The van der Waals surface area contributed by atoms with Gasteiger partial charge in [-0.25, -0.2) is 0 Å². The van der Waals surface area contributed by atoms with Crippen molar-refractivity contribution < 1.29 is 85.1 Å². The van der Waals surface area contributed by atoms with E-state index in [0.717, 1.165) is 62.9 Å². The van der Waals surface area contributed by atoms with E-state index in [9.17, 15) is 19.5 Å². The molecular formula is C73H92BNaO11P+2. The monoisotopic (exact) mass is 1210 g/mol. The number of aliphatic hydroxyl groups excluding tert-OH is 1. The second-order valence-corrected chi connectivity index (χ2v) is 22.8. The summed E-state index contributed by atoms with van der Waals surface area (Å²) in [5.74, 6) is 4.29. The van der Waals surface area contributed by atoms with Crippen LogP contribution >= 0.6 is 7.26 Å². The fourth-order valence-electron chi connectivity index (χ4n) is 8.22. The summed E-state index contributed by atoms with van der Waals surface area (Å²) >= 11 is 0. The molecule has 0 saturated heterocycles. The molecule has 0 aromatic heterocycles. The Bertz CT molecular complexity index is 3110. The van der Waals surface area contributed by atoms with Gasteiger partial charge in [-0.05, 0) is 153 Å². The van der Waals surface area contributed by atoms with Crippen molar-refractivity contribution >= 4 is 55.0 Å². The number of allylic oxidation sites excluding steroid dienone is 1. The third kappa shape index (κ3) is 26.7. The first-order valence-corrected chi connectivity index (χ1v) is 29.5. The Labute approximate surface area is 547 Å². The normalized spacial score (nSPS) is 11.5. The molecule has 0 bridgehead atoms. The number of ketones is 2. The van der Waals surface area contributed by atoms with E-state index in [1.807, 2.05) is 131 Å². The van der Waals surface area contributed by atoms with Crippen molar-refractivity contribution in [2.45, 2.75) is 79.8 Å². The number of ether oxygens (including phenoxy) is 7. The van der Waals surface area contributed by atoms with Gasteiger partial charge in [-0.15, -0.1) is 0 Å². The second-order valence-electron chi connectivity index (χ2n) is 19.4. The predicted octanol–water partition coefficient (Wildman–Crippen LogP) is 12.2. The summed E-state index contributed by atoms with van der Waals surface area (Å²) in [4.78, 5) is 32.4. The zero-order valence-corrected chi connectivity index (χ0v) is 55.8. The van der Waals surface area contributed by atoms with Crippen LogP contribution in [0.4, 0.5) is 0 Å². The molecule has 457 valence electrons. The minimum absolute atomic E-state index is 0. The Morgan fingerprint density at radius 2 is 0.839 bits per heavy atom. The third-order valence-corrected chi connectivity index (χ3v) is 17.8. The second kappa shape index (κ2) is 44.2. The van der Waals surface area contributed by atoms with Crippen LogP contribution in [0.25, 0.3) is 5.57 Å². The van der Waals surface area contributed by atoms with Gasteiger partial charge < -0.3 is 44.5 Å². The molecule has 0 aliphatic rings. The molecule has 4 atom stereocenters. The first kappa shape index (κ1) is 79.7. The molecule has 1 N–H and O–H groups in total. The summed E-state index contributed by atoms with van der Waals surface area (Å²) in [6.45, 7) is 12.7. The summed E-state index contributed by atoms with van der Waals surface area (Å²) in [7, 11) is 9.79. The molecule has 0 fully saturated rings. The molecule has 14 heteroatoms. The SMILES string of the molecule is C.CO/C=C(\C)c1cccc(OC)c1.COC[P+](c1ccccc1)(c1ccccc1)c1ccccc1.COc1cccc(C(C)=O)c1.COc1cccc(C(C)C(C)=O)c1.COc1cccc(C(C)C(C)O)c1.COc1cccc(C(C)C=O)c1.[B].[H+].[H-].[Na+]. The molecule has 11 nitrogen and oxygen atoms in total. The van der Waals surface area contributed by atoms with Gasteiger partial charge in [0.25, 0.3) is 0 Å². The van der Waals surface area contributed by atoms with Gasteiger partial charge in [0, 0.05) is 38.8 Å². The molecule has 8 aromatic carbocycles. The fourth-order valence-corrected chi connectivity index (χ4v) is 12.0. The van der Waals surface area contributed by atoms with Crippen molar-refractivity contribution in [3.8, 4) is 28.7 Å². The minimum atomic E-state index is -1.78. The average Bonchev–Trinajstić information content (AvgIpc) is 2.69. The summed E-state index contributed by atoms with van der Waals surface area (Å²) in [6, 6.07) is 70.2. The van der Waals surface area contributed by atoms with Gasteiger partial charge in [0.1, 0.15) is 64.0 Å². The van der Waals surface area contributed by atoms with Gasteiger partial charge in [-0.1, -0.05) is 143 Å². The quantitative estimate of drug-likeness (QED) is 0.0272. The van der Waals surface area contributed by atoms with Crippen LogP contribution in [-0.4, -0.2) is 93.6 Å². The van der Waals surface area contributed by atoms with Crippen molar-refractivity contribution in [1.82, 2.24) is 0 Å². The van der Waals surface area contributed by atoms with Crippen molar-refractivity contribution in [1.29, 1.82) is 0 Å². The van der Waals surface area contributed by atoms with E-state index in [2.05, 4.69) is 91.0 Å². The fraction of sp³-hybridized carbons (Fsp3) is 0.274. The Morgan fingerprint density at radius 1 is 0.494 bits per heavy atom. The Morgan fingerprint density at radius 3 is 1.20 bits per heavy atom. The number of carbonyl (C=O) groups is 3. The van der Waals surface area contributed by atoms with Crippen LogP contribution < -0.4 is 69.2 Å². The molecule has 87 heavy (non-hydrogen) atoms. The van der Waals surface area contributed by atoms with Gasteiger partial charge in [-0.3, -0.25) is 9.59 Å². The molecular weight excluding hydrogens is 1120 g/mol.